The van der Waals surface area contributed by atoms with E-state index in [9.17, 15) is 0 Å². The maximum absolute atomic E-state index is 5.45. The second-order valence-electron chi connectivity index (χ2n) is 5.16. The Labute approximate surface area is 129 Å². The average molecular weight is 297 g/mol. The van der Waals surface area contributed by atoms with Crippen LogP contribution in [0.2, 0.25) is 0 Å². The fourth-order valence-corrected chi connectivity index (χ4v) is 2.37. The monoisotopic (exact) mass is 297 g/mol. The normalized spacial score (nSPS) is 12.5. The molecule has 0 bridgehead atoms. The topological polar surface area (TPSA) is 68.8 Å². The summed E-state index contributed by atoms with van der Waals surface area (Å²) in [7, 11) is 1.86. The van der Waals surface area contributed by atoms with Crippen LogP contribution in [-0.2, 0) is 13.5 Å². The minimum Gasteiger partial charge on any atom is -0.337 e. The first-order chi connectivity index (χ1) is 10.8. The number of aryl methyl sites for hydroxylation is 1. The van der Waals surface area contributed by atoms with Crippen molar-refractivity contribution in [1.29, 1.82) is 0 Å². The number of hydrogen-bond donors (Lipinski definition) is 1. The number of benzene rings is 1. The van der Waals surface area contributed by atoms with Gasteiger partial charge in [-0.25, -0.2) is 0 Å². The molecule has 0 aliphatic carbocycles. The van der Waals surface area contributed by atoms with Gasteiger partial charge in [0.2, 0.25) is 11.7 Å². The third-order valence-electron chi connectivity index (χ3n) is 3.44. The Balaban J connectivity index is 1.81. The highest BCUT2D eigenvalue weighted by Gasteiger charge is 2.19. The minimum atomic E-state index is 0.00493. The van der Waals surface area contributed by atoms with Crippen LogP contribution in [0.5, 0.6) is 0 Å². The smallest absolute Gasteiger partial charge is 0.244 e. The van der Waals surface area contributed by atoms with Crippen LogP contribution in [0, 0.1) is 0 Å². The van der Waals surface area contributed by atoms with Crippen molar-refractivity contribution in [3.8, 4) is 11.4 Å². The third-order valence-corrected chi connectivity index (χ3v) is 3.44. The molecule has 0 unspecified atom stereocenters. The molecule has 3 aromatic rings. The van der Waals surface area contributed by atoms with Crippen LogP contribution in [0.4, 0.5) is 0 Å². The van der Waals surface area contributed by atoms with Gasteiger partial charge in [-0.1, -0.05) is 42.4 Å². The quantitative estimate of drug-likeness (QED) is 0.756. The van der Waals surface area contributed by atoms with Gasteiger partial charge in [-0.3, -0.25) is 4.68 Å². The molecule has 2 heterocycles. The van der Waals surface area contributed by atoms with E-state index in [0.717, 1.165) is 18.5 Å². The number of aromatic nitrogens is 4. The summed E-state index contributed by atoms with van der Waals surface area (Å²) in [4.78, 5) is 4.52. The summed E-state index contributed by atoms with van der Waals surface area (Å²) in [5.74, 6) is 1.17. The van der Waals surface area contributed by atoms with Crippen molar-refractivity contribution in [1.82, 2.24) is 25.2 Å². The van der Waals surface area contributed by atoms with E-state index in [4.69, 9.17) is 4.52 Å². The van der Waals surface area contributed by atoms with Gasteiger partial charge >= 0.3 is 0 Å². The zero-order valence-electron chi connectivity index (χ0n) is 12.7. The predicted octanol–water partition coefficient (Wildman–Crippen LogP) is 2.36. The van der Waals surface area contributed by atoms with Gasteiger partial charge in [0.15, 0.2) is 0 Å². The van der Waals surface area contributed by atoms with Gasteiger partial charge in [-0.2, -0.15) is 10.1 Å². The number of likely N-dealkylation sites (N-methyl/N-ethyl adjacent to an activating group) is 1. The average Bonchev–Trinajstić information content (AvgIpc) is 3.17. The van der Waals surface area contributed by atoms with E-state index in [1.165, 1.54) is 5.56 Å². The van der Waals surface area contributed by atoms with Crippen LogP contribution in [0.3, 0.4) is 0 Å². The number of nitrogens with zero attached hydrogens (tertiary/aromatic N) is 4. The molecule has 0 saturated heterocycles. The summed E-state index contributed by atoms with van der Waals surface area (Å²) in [6.45, 7) is 2.90. The van der Waals surface area contributed by atoms with Crippen LogP contribution >= 0.6 is 0 Å². The van der Waals surface area contributed by atoms with Crippen molar-refractivity contribution in [2.75, 3.05) is 6.54 Å². The molecular formula is C16H19N5O. The Morgan fingerprint density at radius 2 is 2.09 bits per heavy atom. The third kappa shape index (κ3) is 3.23. The molecule has 0 saturated carbocycles. The second-order valence-corrected chi connectivity index (χ2v) is 5.16. The van der Waals surface area contributed by atoms with Gasteiger partial charge in [-0.15, -0.1) is 0 Å². The largest absolute Gasteiger partial charge is 0.337 e. The summed E-state index contributed by atoms with van der Waals surface area (Å²) in [6.07, 6.45) is 4.41. The van der Waals surface area contributed by atoms with Crippen molar-refractivity contribution >= 4 is 0 Å². The number of hydrogen-bond acceptors (Lipinski definition) is 5. The van der Waals surface area contributed by atoms with Crippen molar-refractivity contribution < 1.29 is 4.52 Å². The molecule has 0 radical (unpaired) electrons. The molecule has 6 heteroatoms. The fraction of sp³-hybridized carbons (Fsp3) is 0.312. The zero-order chi connectivity index (χ0) is 15.4. The van der Waals surface area contributed by atoms with Gasteiger partial charge in [0.25, 0.3) is 0 Å². The summed E-state index contributed by atoms with van der Waals surface area (Å²) < 4.78 is 7.17. The Morgan fingerprint density at radius 3 is 2.77 bits per heavy atom. The molecule has 0 amide bonds. The van der Waals surface area contributed by atoms with Crippen molar-refractivity contribution in [2.45, 2.75) is 19.4 Å². The molecule has 0 fully saturated rings. The van der Waals surface area contributed by atoms with Crippen molar-refractivity contribution in [2.24, 2.45) is 7.05 Å². The van der Waals surface area contributed by atoms with Crippen molar-refractivity contribution in [3.63, 3.8) is 0 Å². The van der Waals surface area contributed by atoms with Crippen molar-refractivity contribution in [3.05, 3.63) is 54.2 Å². The first kappa shape index (κ1) is 14.5. The predicted molar refractivity (Wildman–Crippen MR) is 83.1 cm³/mol. The summed E-state index contributed by atoms with van der Waals surface area (Å²) in [6, 6.07) is 10.3. The second kappa shape index (κ2) is 6.53. The molecule has 6 nitrogen and oxygen atoms in total. The van der Waals surface area contributed by atoms with Gasteiger partial charge in [0, 0.05) is 13.2 Å². The summed E-state index contributed by atoms with van der Waals surface area (Å²) in [5, 5.41) is 11.6. The number of rotatable bonds is 6. The highest BCUT2D eigenvalue weighted by molar-refractivity contribution is 5.51. The van der Waals surface area contributed by atoms with Gasteiger partial charge < -0.3 is 9.84 Å². The van der Waals surface area contributed by atoms with E-state index < -0.39 is 0 Å². The molecule has 114 valence electrons. The number of nitrogens with one attached hydrogen (secondary N) is 1. The lowest BCUT2D eigenvalue weighted by Gasteiger charge is -2.13. The van der Waals surface area contributed by atoms with Crippen LogP contribution in [0.15, 0.2) is 47.2 Å². The summed E-state index contributed by atoms with van der Waals surface area (Å²) >= 11 is 0. The van der Waals surface area contributed by atoms with E-state index in [2.05, 4.69) is 39.6 Å². The molecule has 3 rings (SSSR count). The molecule has 0 spiro atoms. The Bertz CT molecular complexity index is 719. The van der Waals surface area contributed by atoms with E-state index in [1.54, 1.807) is 10.9 Å². The molecular weight excluding hydrogens is 278 g/mol. The fourth-order valence-electron chi connectivity index (χ4n) is 2.37. The van der Waals surface area contributed by atoms with Crippen LogP contribution in [-0.4, -0.2) is 26.5 Å². The van der Waals surface area contributed by atoms with Crippen LogP contribution in [0.25, 0.3) is 11.4 Å². The lowest BCUT2D eigenvalue weighted by atomic mass is 10.1. The van der Waals surface area contributed by atoms with E-state index >= 15 is 0 Å². The lowest BCUT2D eigenvalue weighted by molar-refractivity contribution is 0.331. The minimum absolute atomic E-state index is 0.00493. The van der Waals surface area contributed by atoms with E-state index in [1.807, 2.05) is 31.4 Å². The molecule has 1 atom stereocenters. The molecule has 1 aromatic carbocycles. The maximum Gasteiger partial charge on any atom is 0.244 e. The summed E-state index contributed by atoms with van der Waals surface area (Å²) in [5.41, 5.74) is 2.09. The van der Waals surface area contributed by atoms with E-state index in [-0.39, 0.29) is 6.04 Å². The van der Waals surface area contributed by atoms with E-state index in [0.29, 0.717) is 11.7 Å². The molecule has 1 N–H and O–H groups in total. The Morgan fingerprint density at radius 1 is 1.27 bits per heavy atom. The molecule has 0 aliphatic heterocycles. The highest BCUT2D eigenvalue weighted by atomic mass is 16.5. The molecule has 2 aromatic heterocycles. The maximum atomic E-state index is 5.45. The first-order valence-electron chi connectivity index (χ1n) is 7.36. The lowest BCUT2D eigenvalue weighted by Crippen LogP contribution is -2.23. The first-order valence-corrected chi connectivity index (χ1v) is 7.36. The molecule has 22 heavy (non-hydrogen) atoms. The SMILES string of the molecule is CCN[C@H](Cc1ccccc1)c1nc(-c2cnn(C)c2)no1. The van der Waals surface area contributed by atoms with Gasteiger partial charge in [0.05, 0.1) is 17.8 Å². The van der Waals surface area contributed by atoms with Crippen LogP contribution in [0.1, 0.15) is 24.4 Å². The Kier molecular flexibility index (Phi) is 4.29. The van der Waals surface area contributed by atoms with Gasteiger partial charge in [-0.05, 0) is 18.5 Å². The molecule has 0 aliphatic rings. The highest BCUT2D eigenvalue weighted by Crippen LogP contribution is 2.21. The van der Waals surface area contributed by atoms with Crippen LogP contribution < -0.4 is 5.32 Å². The Hall–Kier alpha value is -2.47. The standard InChI is InChI=1S/C16H19N5O/c1-3-17-14(9-12-7-5-4-6-8-12)16-19-15(20-22-16)13-10-18-21(2)11-13/h4-8,10-11,14,17H,3,9H2,1-2H3/t14-/m1/s1. The zero-order valence-corrected chi connectivity index (χ0v) is 12.7. The van der Waals surface area contributed by atoms with Gasteiger partial charge in [0.1, 0.15) is 0 Å².